The standard InChI is InChI=1S/C11H11FN4O3/c1-19-9-3-2-7(12)6-8(9)16-14-10(13-15-16)4-5-11(17)18/h2-3,6H,4-5H2,1H3,(H,17,18). The third-order valence-electron chi connectivity index (χ3n) is 2.37. The molecule has 7 nitrogen and oxygen atoms in total. The average Bonchev–Trinajstić information content (AvgIpc) is 2.85. The molecule has 2 rings (SSSR count). The van der Waals surface area contributed by atoms with Crippen LogP contribution in [-0.2, 0) is 11.2 Å². The summed E-state index contributed by atoms with van der Waals surface area (Å²) in [6.07, 6.45) is 0.0684. The molecule has 0 aliphatic rings. The van der Waals surface area contributed by atoms with Crippen LogP contribution in [0.1, 0.15) is 12.2 Å². The second-order valence-electron chi connectivity index (χ2n) is 3.71. The lowest BCUT2D eigenvalue weighted by Gasteiger charge is -2.05. The zero-order valence-electron chi connectivity index (χ0n) is 10.1. The summed E-state index contributed by atoms with van der Waals surface area (Å²) in [5, 5.41) is 20.0. The number of carboxylic acids is 1. The molecule has 0 unspecified atom stereocenters. The van der Waals surface area contributed by atoms with Crippen LogP contribution in [0, 0.1) is 5.82 Å². The van der Waals surface area contributed by atoms with Gasteiger partial charge in [-0.25, -0.2) is 4.39 Å². The molecule has 0 amide bonds. The number of halogens is 1. The molecule has 0 aliphatic carbocycles. The minimum absolute atomic E-state index is 0.0913. The van der Waals surface area contributed by atoms with Gasteiger partial charge in [0.15, 0.2) is 5.82 Å². The maximum absolute atomic E-state index is 13.2. The van der Waals surface area contributed by atoms with Crippen molar-refractivity contribution in [2.75, 3.05) is 7.11 Å². The van der Waals surface area contributed by atoms with E-state index in [2.05, 4.69) is 15.4 Å². The first-order valence-corrected chi connectivity index (χ1v) is 5.45. The van der Waals surface area contributed by atoms with Crippen LogP contribution in [0.25, 0.3) is 5.69 Å². The normalized spacial score (nSPS) is 10.4. The van der Waals surface area contributed by atoms with Crippen molar-refractivity contribution in [1.29, 1.82) is 0 Å². The van der Waals surface area contributed by atoms with Gasteiger partial charge in [-0.2, -0.15) is 0 Å². The van der Waals surface area contributed by atoms with E-state index in [1.165, 1.54) is 25.3 Å². The van der Waals surface area contributed by atoms with Crippen LogP contribution in [0.2, 0.25) is 0 Å². The van der Waals surface area contributed by atoms with Gasteiger partial charge in [0.05, 0.1) is 13.5 Å². The summed E-state index contributed by atoms with van der Waals surface area (Å²) in [7, 11) is 1.44. The number of ether oxygens (including phenoxy) is 1. The Morgan fingerprint density at radius 1 is 1.53 bits per heavy atom. The van der Waals surface area contributed by atoms with Crippen LogP contribution < -0.4 is 4.74 Å². The van der Waals surface area contributed by atoms with Gasteiger partial charge in [0.2, 0.25) is 0 Å². The Labute approximate surface area is 107 Å². The van der Waals surface area contributed by atoms with Crippen molar-refractivity contribution in [2.24, 2.45) is 0 Å². The molecule has 0 saturated heterocycles. The summed E-state index contributed by atoms with van der Waals surface area (Å²) in [6, 6.07) is 3.91. The summed E-state index contributed by atoms with van der Waals surface area (Å²) < 4.78 is 18.3. The van der Waals surface area contributed by atoms with Crippen LogP contribution in [0.4, 0.5) is 4.39 Å². The smallest absolute Gasteiger partial charge is 0.303 e. The van der Waals surface area contributed by atoms with Crippen molar-refractivity contribution in [3.05, 3.63) is 29.8 Å². The SMILES string of the molecule is COc1ccc(F)cc1-n1nnc(CCC(=O)O)n1. The lowest BCUT2D eigenvalue weighted by molar-refractivity contribution is -0.137. The second-order valence-corrected chi connectivity index (χ2v) is 3.71. The molecule has 0 atom stereocenters. The molecule has 1 N–H and O–H groups in total. The summed E-state index contributed by atoms with van der Waals surface area (Å²) in [5.74, 6) is -0.739. The number of aromatic nitrogens is 4. The third-order valence-corrected chi connectivity index (χ3v) is 2.37. The van der Waals surface area contributed by atoms with E-state index in [1.807, 2.05) is 0 Å². The highest BCUT2D eigenvalue weighted by atomic mass is 19.1. The molecule has 0 aliphatic heterocycles. The van der Waals surface area contributed by atoms with E-state index >= 15 is 0 Å². The molecule has 1 aromatic heterocycles. The number of aliphatic carboxylic acids is 1. The van der Waals surface area contributed by atoms with Gasteiger partial charge in [0.25, 0.3) is 0 Å². The van der Waals surface area contributed by atoms with Crippen molar-refractivity contribution >= 4 is 5.97 Å². The summed E-state index contributed by atoms with van der Waals surface area (Å²) in [4.78, 5) is 11.6. The van der Waals surface area contributed by atoms with Crippen LogP contribution in [0.5, 0.6) is 5.75 Å². The van der Waals surface area contributed by atoms with E-state index in [0.29, 0.717) is 11.4 Å². The maximum atomic E-state index is 13.2. The molecule has 0 fully saturated rings. The molecule has 0 spiro atoms. The Morgan fingerprint density at radius 2 is 2.32 bits per heavy atom. The Balaban J connectivity index is 2.27. The van der Waals surface area contributed by atoms with Gasteiger partial charge in [-0.3, -0.25) is 4.79 Å². The first-order chi connectivity index (χ1) is 9.10. The number of benzene rings is 1. The molecular formula is C11H11FN4O3. The van der Waals surface area contributed by atoms with Gasteiger partial charge < -0.3 is 9.84 Å². The predicted molar refractivity (Wildman–Crippen MR) is 61.6 cm³/mol. The number of methoxy groups -OCH3 is 1. The molecule has 0 radical (unpaired) electrons. The Morgan fingerprint density at radius 3 is 3.00 bits per heavy atom. The van der Waals surface area contributed by atoms with Crippen LogP contribution in [-0.4, -0.2) is 38.4 Å². The highest BCUT2D eigenvalue weighted by Gasteiger charge is 2.12. The molecule has 0 saturated carbocycles. The third kappa shape index (κ3) is 3.03. The van der Waals surface area contributed by atoms with Crippen molar-refractivity contribution in [2.45, 2.75) is 12.8 Å². The number of aryl methyl sites for hydroxylation is 1. The van der Waals surface area contributed by atoms with Crippen molar-refractivity contribution in [1.82, 2.24) is 20.2 Å². The van der Waals surface area contributed by atoms with Crippen molar-refractivity contribution in [3.8, 4) is 11.4 Å². The van der Waals surface area contributed by atoms with E-state index in [9.17, 15) is 9.18 Å². The van der Waals surface area contributed by atoms with Crippen LogP contribution >= 0.6 is 0 Å². The molecule has 1 aromatic carbocycles. The predicted octanol–water partition coefficient (Wildman–Crippen LogP) is 0.827. The van der Waals surface area contributed by atoms with E-state index in [0.717, 1.165) is 4.80 Å². The van der Waals surface area contributed by atoms with E-state index in [-0.39, 0.29) is 18.7 Å². The number of carbonyl (C=O) groups is 1. The van der Waals surface area contributed by atoms with Crippen LogP contribution in [0.3, 0.4) is 0 Å². The molecular weight excluding hydrogens is 255 g/mol. The molecule has 19 heavy (non-hydrogen) atoms. The maximum Gasteiger partial charge on any atom is 0.303 e. The van der Waals surface area contributed by atoms with E-state index in [4.69, 9.17) is 9.84 Å². The summed E-state index contributed by atoms with van der Waals surface area (Å²) in [6.45, 7) is 0. The van der Waals surface area contributed by atoms with E-state index in [1.54, 1.807) is 0 Å². The van der Waals surface area contributed by atoms with Gasteiger partial charge in [0, 0.05) is 12.5 Å². The lowest BCUT2D eigenvalue weighted by Crippen LogP contribution is -2.03. The largest absolute Gasteiger partial charge is 0.494 e. The molecule has 1 heterocycles. The molecule has 0 bridgehead atoms. The average molecular weight is 266 g/mol. The lowest BCUT2D eigenvalue weighted by atomic mass is 10.3. The van der Waals surface area contributed by atoms with Gasteiger partial charge in [-0.15, -0.1) is 15.0 Å². The number of tetrazole rings is 1. The molecule has 8 heteroatoms. The monoisotopic (exact) mass is 266 g/mol. The highest BCUT2D eigenvalue weighted by molar-refractivity contribution is 5.66. The zero-order valence-corrected chi connectivity index (χ0v) is 10.1. The highest BCUT2D eigenvalue weighted by Crippen LogP contribution is 2.21. The van der Waals surface area contributed by atoms with Crippen LogP contribution in [0.15, 0.2) is 18.2 Å². The quantitative estimate of drug-likeness (QED) is 0.861. The summed E-state index contributed by atoms with van der Waals surface area (Å²) in [5.41, 5.74) is 0.302. The first kappa shape index (κ1) is 12.9. The van der Waals surface area contributed by atoms with Gasteiger partial charge in [-0.1, -0.05) is 0 Å². The number of nitrogens with zero attached hydrogens (tertiary/aromatic N) is 4. The van der Waals surface area contributed by atoms with Gasteiger partial charge in [-0.05, 0) is 17.3 Å². The fraction of sp³-hybridized carbons (Fsp3) is 0.273. The number of hydrogen-bond donors (Lipinski definition) is 1. The molecule has 100 valence electrons. The number of rotatable bonds is 5. The minimum Gasteiger partial charge on any atom is -0.494 e. The van der Waals surface area contributed by atoms with Crippen molar-refractivity contribution < 1.29 is 19.0 Å². The molecule has 2 aromatic rings. The fourth-order valence-electron chi connectivity index (χ4n) is 1.48. The Hall–Kier alpha value is -2.51. The zero-order chi connectivity index (χ0) is 13.8. The second kappa shape index (κ2) is 5.42. The topological polar surface area (TPSA) is 90.1 Å². The van der Waals surface area contributed by atoms with Gasteiger partial charge >= 0.3 is 5.97 Å². The number of carboxylic acid groups (broad SMARTS) is 1. The first-order valence-electron chi connectivity index (χ1n) is 5.45. The van der Waals surface area contributed by atoms with E-state index < -0.39 is 11.8 Å². The summed E-state index contributed by atoms with van der Waals surface area (Å²) >= 11 is 0. The van der Waals surface area contributed by atoms with Gasteiger partial charge in [0.1, 0.15) is 17.3 Å². The Bertz CT molecular complexity index is 599. The Kier molecular flexibility index (Phi) is 3.69. The number of hydrogen-bond acceptors (Lipinski definition) is 5. The fourth-order valence-corrected chi connectivity index (χ4v) is 1.48. The minimum atomic E-state index is -0.945. The van der Waals surface area contributed by atoms with Crippen molar-refractivity contribution in [3.63, 3.8) is 0 Å².